The van der Waals surface area contributed by atoms with Crippen LogP contribution >= 0.6 is 0 Å². The number of anilines is 1. The van der Waals surface area contributed by atoms with E-state index < -0.39 is 28.0 Å². The summed E-state index contributed by atoms with van der Waals surface area (Å²) < 4.78 is 33.1. The third-order valence-corrected chi connectivity index (χ3v) is 4.60. The fourth-order valence-electron chi connectivity index (χ4n) is 2.16. The normalized spacial score (nSPS) is 12.1. The minimum Gasteiger partial charge on any atom is -0.494 e. The van der Waals surface area contributed by atoms with E-state index in [0.29, 0.717) is 23.6 Å². The molecule has 0 aromatic heterocycles. The lowest BCUT2D eigenvalue weighted by molar-refractivity contribution is -0.123. The van der Waals surface area contributed by atoms with Crippen molar-refractivity contribution in [2.45, 2.75) is 31.3 Å². The summed E-state index contributed by atoms with van der Waals surface area (Å²) in [5.41, 5.74) is 0.638. The summed E-state index contributed by atoms with van der Waals surface area (Å²) in [5, 5.41) is 7.56. The van der Waals surface area contributed by atoms with Crippen molar-refractivity contribution >= 4 is 27.6 Å². The lowest BCUT2D eigenvalue weighted by Crippen LogP contribution is -2.30. The molecule has 0 bridgehead atoms. The molecule has 8 nitrogen and oxygen atoms in total. The van der Waals surface area contributed by atoms with Gasteiger partial charge in [-0.15, -0.1) is 0 Å². The Morgan fingerprint density at radius 2 is 1.68 bits per heavy atom. The van der Waals surface area contributed by atoms with E-state index >= 15 is 0 Å². The van der Waals surface area contributed by atoms with Gasteiger partial charge in [0, 0.05) is 5.69 Å². The van der Waals surface area contributed by atoms with Crippen molar-refractivity contribution in [3.63, 3.8) is 0 Å². The van der Waals surface area contributed by atoms with Gasteiger partial charge in [-0.25, -0.2) is 18.4 Å². The van der Waals surface area contributed by atoms with Gasteiger partial charge < -0.3 is 14.8 Å². The molecule has 0 aliphatic rings. The van der Waals surface area contributed by atoms with Crippen molar-refractivity contribution in [2.24, 2.45) is 5.14 Å². The van der Waals surface area contributed by atoms with Crippen molar-refractivity contribution < 1.29 is 27.5 Å². The van der Waals surface area contributed by atoms with E-state index in [2.05, 4.69) is 5.32 Å². The smallest absolute Gasteiger partial charge is 0.338 e. The molecular weight excluding hydrogens is 384 g/mol. The summed E-state index contributed by atoms with van der Waals surface area (Å²) in [6, 6.07) is 11.7. The Kier molecular flexibility index (Phi) is 7.13. The van der Waals surface area contributed by atoms with Gasteiger partial charge in [0.25, 0.3) is 5.91 Å². The second-order valence-electron chi connectivity index (χ2n) is 5.98. The summed E-state index contributed by atoms with van der Waals surface area (Å²) in [5.74, 6) is -0.555. The van der Waals surface area contributed by atoms with Crippen molar-refractivity contribution in [2.75, 3.05) is 11.9 Å². The van der Waals surface area contributed by atoms with Crippen LogP contribution in [0.15, 0.2) is 53.4 Å². The zero-order valence-electron chi connectivity index (χ0n) is 15.5. The summed E-state index contributed by atoms with van der Waals surface area (Å²) in [7, 11) is -3.81. The van der Waals surface area contributed by atoms with Crippen molar-refractivity contribution in [3.8, 4) is 5.75 Å². The molecule has 2 aromatic carbocycles. The molecule has 3 N–H and O–H groups in total. The fraction of sp³-hybridized carbons (Fsp3) is 0.263. The first-order chi connectivity index (χ1) is 13.2. The minimum atomic E-state index is -3.81. The molecule has 0 fully saturated rings. The molecule has 1 amide bonds. The maximum atomic E-state index is 12.2. The summed E-state index contributed by atoms with van der Waals surface area (Å²) >= 11 is 0. The van der Waals surface area contributed by atoms with Gasteiger partial charge in [-0.3, -0.25) is 4.79 Å². The van der Waals surface area contributed by atoms with Crippen molar-refractivity contribution in [3.05, 3.63) is 54.1 Å². The SMILES string of the molecule is CCCOc1ccc(C(=O)O[C@@H](C)C(=O)Nc2ccc(S(N)(=O)=O)cc2)cc1. The quantitative estimate of drug-likeness (QED) is 0.648. The maximum absolute atomic E-state index is 12.2. The molecule has 0 saturated heterocycles. The van der Waals surface area contributed by atoms with Gasteiger partial charge in [-0.05, 0) is 61.9 Å². The third-order valence-electron chi connectivity index (χ3n) is 3.67. The van der Waals surface area contributed by atoms with Crippen LogP contribution in [0.3, 0.4) is 0 Å². The second-order valence-corrected chi connectivity index (χ2v) is 7.54. The van der Waals surface area contributed by atoms with E-state index in [1.807, 2.05) is 6.92 Å². The molecule has 9 heteroatoms. The summed E-state index contributed by atoms with van der Waals surface area (Å²) in [6.45, 7) is 4.01. The number of sulfonamides is 1. The zero-order chi connectivity index (χ0) is 20.7. The highest BCUT2D eigenvalue weighted by molar-refractivity contribution is 7.89. The Balaban J connectivity index is 1.93. The van der Waals surface area contributed by atoms with Gasteiger partial charge >= 0.3 is 5.97 Å². The van der Waals surface area contributed by atoms with Crippen LogP contribution in [0, 0.1) is 0 Å². The monoisotopic (exact) mass is 406 g/mol. The van der Waals surface area contributed by atoms with Crippen LogP contribution in [0.2, 0.25) is 0 Å². The zero-order valence-corrected chi connectivity index (χ0v) is 16.4. The highest BCUT2D eigenvalue weighted by Gasteiger charge is 2.19. The molecule has 0 saturated carbocycles. The van der Waals surface area contributed by atoms with Crippen LogP contribution < -0.4 is 15.2 Å². The Hall–Kier alpha value is -2.91. The molecule has 0 radical (unpaired) electrons. The van der Waals surface area contributed by atoms with Gasteiger partial charge in [0.2, 0.25) is 10.0 Å². The van der Waals surface area contributed by atoms with Gasteiger partial charge in [0.15, 0.2) is 6.10 Å². The lowest BCUT2D eigenvalue weighted by Gasteiger charge is -2.14. The predicted octanol–water partition coefficient (Wildman–Crippen LogP) is 2.31. The first-order valence-electron chi connectivity index (χ1n) is 8.58. The number of nitrogens with one attached hydrogen (secondary N) is 1. The van der Waals surface area contributed by atoms with E-state index in [1.165, 1.54) is 31.2 Å². The number of amides is 1. The minimum absolute atomic E-state index is 0.0728. The van der Waals surface area contributed by atoms with Crippen molar-refractivity contribution in [1.82, 2.24) is 0 Å². The largest absolute Gasteiger partial charge is 0.494 e. The van der Waals surface area contributed by atoms with Crippen LogP contribution in [0.25, 0.3) is 0 Å². The number of hydrogen-bond donors (Lipinski definition) is 2. The molecule has 0 unspecified atom stereocenters. The second kappa shape index (κ2) is 9.34. The maximum Gasteiger partial charge on any atom is 0.338 e. The topological polar surface area (TPSA) is 125 Å². The first-order valence-corrected chi connectivity index (χ1v) is 10.1. The van der Waals surface area contributed by atoms with Crippen LogP contribution in [0.5, 0.6) is 5.75 Å². The average Bonchev–Trinajstić information content (AvgIpc) is 2.66. The number of ether oxygens (including phenoxy) is 2. The standard InChI is InChI=1S/C19H22N2O6S/c1-3-12-26-16-8-4-14(5-9-16)19(23)27-13(2)18(22)21-15-6-10-17(11-7-15)28(20,24)25/h4-11,13H,3,12H2,1-2H3,(H,21,22)(H2,20,24,25)/t13-/m0/s1. The predicted molar refractivity (Wildman–Crippen MR) is 104 cm³/mol. The van der Waals surface area contributed by atoms with Crippen molar-refractivity contribution in [1.29, 1.82) is 0 Å². The van der Waals surface area contributed by atoms with Crippen LogP contribution in [0.1, 0.15) is 30.6 Å². The number of carbonyl (C=O) groups is 2. The Labute approximate surface area is 163 Å². The third kappa shape index (κ3) is 6.07. The van der Waals surface area contributed by atoms with E-state index in [4.69, 9.17) is 14.6 Å². The van der Waals surface area contributed by atoms with E-state index in [9.17, 15) is 18.0 Å². The van der Waals surface area contributed by atoms with Gasteiger partial charge in [-0.1, -0.05) is 6.92 Å². The molecule has 0 aliphatic carbocycles. The van der Waals surface area contributed by atoms with Crippen LogP contribution in [-0.2, 0) is 19.6 Å². The number of rotatable bonds is 8. The van der Waals surface area contributed by atoms with E-state index in [0.717, 1.165) is 6.42 Å². The molecule has 2 rings (SSSR count). The Bertz CT molecular complexity index is 924. The van der Waals surface area contributed by atoms with Crippen LogP contribution in [-0.4, -0.2) is 33.0 Å². The van der Waals surface area contributed by atoms with Gasteiger partial charge in [0.05, 0.1) is 17.1 Å². The molecule has 2 aromatic rings. The first kappa shape index (κ1) is 21.4. The molecular formula is C19H22N2O6S. The number of benzene rings is 2. The Morgan fingerprint density at radius 3 is 2.21 bits per heavy atom. The summed E-state index contributed by atoms with van der Waals surface area (Å²) in [4.78, 5) is 24.3. The van der Waals surface area contributed by atoms with Crippen LogP contribution in [0.4, 0.5) is 5.69 Å². The Morgan fingerprint density at radius 1 is 1.07 bits per heavy atom. The molecule has 150 valence electrons. The fourth-order valence-corrected chi connectivity index (χ4v) is 2.68. The summed E-state index contributed by atoms with van der Waals surface area (Å²) in [6.07, 6.45) is -0.178. The highest BCUT2D eigenvalue weighted by Crippen LogP contribution is 2.15. The lowest BCUT2D eigenvalue weighted by atomic mass is 10.2. The highest BCUT2D eigenvalue weighted by atomic mass is 32.2. The average molecular weight is 406 g/mol. The molecule has 28 heavy (non-hydrogen) atoms. The molecule has 0 spiro atoms. The molecule has 0 aliphatic heterocycles. The van der Waals surface area contributed by atoms with E-state index in [1.54, 1.807) is 24.3 Å². The van der Waals surface area contributed by atoms with Gasteiger partial charge in [0.1, 0.15) is 5.75 Å². The number of primary sulfonamides is 1. The van der Waals surface area contributed by atoms with E-state index in [-0.39, 0.29) is 4.90 Å². The number of carbonyl (C=O) groups excluding carboxylic acids is 2. The number of nitrogens with two attached hydrogens (primary N) is 1. The van der Waals surface area contributed by atoms with Gasteiger partial charge in [-0.2, -0.15) is 0 Å². The number of esters is 1. The molecule has 1 atom stereocenters. The molecule has 0 heterocycles. The number of hydrogen-bond acceptors (Lipinski definition) is 6.